The van der Waals surface area contributed by atoms with Crippen LogP contribution in [0.1, 0.15) is 87.3 Å². The Balaban J connectivity index is 1.49. The molecule has 0 bridgehead atoms. The van der Waals surface area contributed by atoms with Crippen LogP contribution in [0, 0.1) is 0 Å². The van der Waals surface area contributed by atoms with E-state index in [9.17, 15) is 19.2 Å². The average molecular weight is 499 g/mol. The number of hydrogen-bond donors (Lipinski definition) is 0. The lowest BCUT2D eigenvalue weighted by atomic mass is 9.87. The lowest BCUT2D eigenvalue weighted by molar-refractivity contribution is 0.0679. The summed E-state index contributed by atoms with van der Waals surface area (Å²) in [6.45, 7) is 8.40. The molecule has 9 heteroatoms. The first-order chi connectivity index (χ1) is 15.4. The largest absolute Gasteiger partial charge is 0.277 e. The van der Waals surface area contributed by atoms with E-state index in [0.717, 1.165) is 29.3 Å². The number of rotatable bonds is 4. The Morgan fingerprint density at radius 2 is 0.939 bits per heavy atom. The van der Waals surface area contributed by atoms with Crippen molar-refractivity contribution in [2.24, 2.45) is 0 Å². The fourth-order valence-corrected chi connectivity index (χ4v) is 7.99. The van der Waals surface area contributed by atoms with Gasteiger partial charge in [-0.25, -0.2) is 0 Å². The Labute approximate surface area is 203 Å². The molecule has 0 aliphatic carbocycles. The minimum atomic E-state index is -0.376. The molecule has 0 spiro atoms. The number of amides is 4. The summed E-state index contributed by atoms with van der Waals surface area (Å²) in [5, 5.41) is 0. The molecule has 2 aliphatic rings. The van der Waals surface area contributed by atoms with Gasteiger partial charge in [-0.2, -0.15) is 0 Å². The number of nitrogens with zero attached hydrogens (tertiary/aromatic N) is 2. The molecule has 4 amide bonds. The van der Waals surface area contributed by atoms with Gasteiger partial charge < -0.3 is 0 Å². The van der Waals surface area contributed by atoms with Crippen molar-refractivity contribution >= 4 is 57.6 Å². The number of carbonyl (C=O) groups excluding carboxylic acids is 4. The van der Waals surface area contributed by atoms with Crippen molar-refractivity contribution in [1.82, 2.24) is 9.80 Å². The van der Waals surface area contributed by atoms with Crippen molar-refractivity contribution in [2.45, 2.75) is 38.5 Å². The molecule has 6 nitrogen and oxygen atoms in total. The van der Waals surface area contributed by atoms with E-state index in [-0.39, 0.29) is 34.5 Å². The number of carbonyl (C=O) groups is 4. The van der Waals surface area contributed by atoms with Gasteiger partial charge in [0.1, 0.15) is 9.75 Å². The molecule has 0 atom stereocenters. The van der Waals surface area contributed by atoms with Crippen LogP contribution in [0.25, 0.3) is 0 Å². The van der Waals surface area contributed by atoms with Crippen LogP contribution in [-0.4, -0.2) is 47.5 Å². The van der Waals surface area contributed by atoms with Gasteiger partial charge in [0.25, 0.3) is 23.6 Å². The number of imide groups is 2. The molecule has 3 aromatic heterocycles. The highest BCUT2D eigenvalue weighted by molar-refractivity contribution is 7.16. The van der Waals surface area contributed by atoms with Gasteiger partial charge in [0.15, 0.2) is 0 Å². The van der Waals surface area contributed by atoms with Crippen molar-refractivity contribution in [3.63, 3.8) is 0 Å². The fraction of sp³-hybridized carbons (Fsp3) is 0.333. The molecular formula is C24H22N2O4S3. The Morgan fingerprint density at radius 3 is 1.27 bits per heavy atom. The lowest BCUT2D eigenvalue weighted by Crippen LogP contribution is -2.25. The molecule has 0 unspecified atom stereocenters. The maximum absolute atomic E-state index is 12.4. The third-order valence-electron chi connectivity index (χ3n) is 6.60. The quantitative estimate of drug-likeness (QED) is 0.476. The van der Waals surface area contributed by atoms with Gasteiger partial charge in [0.05, 0.1) is 11.1 Å². The van der Waals surface area contributed by atoms with E-state index in [2.05, 4.69) is 39.8 Å². The second-order valence-corrected chi connectivity index (χ2v) is 12.6. The summed E-state index contributed by atoms with van der Waals surface area (Å²) in [6, 6.07) is 7.89. The van der Waals surface area contributed by atoms with Gasteiger partial charge in [-0.1, -0.05) is 27.7 Å². The molecule has 0 saturated heterocycles. The van der Waals surface area contributed by atoms with Crippen LogP contribution >= 0.6 is 34.0 Å². The normalized spacial score (nSPS) is 16.3. The predicted octanol–water partition coefficient (Wildman–Crippen LogP) is 4.97. The Bertz CT molecular complexity index is 1220. The van der Waals surface area contributed by atoms with E-state index in [1.807, 2.05) is 12.1 Å². The topological polar surface area (TPSA) is 74.8 Å². The third-order valence-corrected chi connectivity index (χ3v) is 11.2. The molecule has 0 radical (unpaired) electrons. The van der Waals surface area contributed by atoms with Gasteiger partial charge in [-0.3, -0.25) is 29.0 Å². The molecule has 0 fully saturated rings. The summed E-state index contributed by atoms with van der Waals surface area (Å²) >= 11 is 4.45. The molecule has 170 valence electrons. The van der Waals surface area contributed by atoms with Crippen LogP contribution in [0.15, 0.2) is 24.3 Å². The molecule has 0 saturated carbocycles. The molecule has 5 heterocycles. The second kappa shape index (κ2) is 6.94. The van der Waals surface area contributed by atoms with Gasteiger partial charge in [0, 0.05) is 44.4 Å². The Hall–Kier alpha value is -2.62. The molecular weight excluding hydrogens is 476 g/mol. The van der Waals surface area contributed by atoms with Crippen molar-refractivity contribution in [2.75, 3.05) is 14.1 Å². The van der Waals surface area contributed by atoms with Gasteiger partial charge in [0.2, 0.25) is 0 Å². The minimum Gasteiger partial charge on any atom is -0.277 e. The first-order valence-corrected chi connectivity index (χ1v) is 12.8. The average Bonchev–Trinajstić information content (AvgIpc) is 3.56. The maximum Gasteiger partial charge on any atom is 0.271 e. The van der Waals surface area contributed by atoms with Crippen molar-refractivity contribution in [3.05, 3.63) is 64.7 Å². The van der Waals surface area contributed by atoms with Crippen LogP contribution in [0.3, 0.4) is 0 Å². The Kier molecular flexibility index (Phi) is 4.67. The number of thiophene rings is 3. The Morgan fingerprint density at radius 1 is 0.576 bits per heavy atom. The zero-order valence-corrected chi connectivity index (χ0v) is 21.5. The third kappa shape index (κ3) is 2.95. The molecule has 0 aromatic carbocycles. The predicted molar refractivity (Wildman–Crippen MR) is 130 cm³/mol. The SMILES string of the molecule is CN1C(=O)c2cc(C(C)(C)c3ccc(C(C)(C)c4cc5c(s4)C(=O)N(C)C5=O)s3)sc2C1=O. The van der Waals surface area contributed by atoms with Gasteiger partial charge in [-0.15, -0.1) is 34.0 Å². The van der Waals surface area contributed by atoms with E-state index in [1.54, 1.807) is 11.3 Å². The molecule has 2 aliphatic heterocycles. The van der Waals surface area contributed by atoms with Crippen LogP contribution in [0.5, 0.6) is 0 Å². The number of fused-ring (bicyclic) bond motifs is 2. The molecule has 3 aromatic rings. The van der Waals surface area contributed by atoms with E-state index in [1.165, 1.54) is 36.8 Å². The van der Waals surface area contributed by atoms with Crippen LogP contribution < -0.4 is 0 Å². The highest BCUT2D eigenvalue weighted by Crippen LogP contribution is 2.47. The van der Waals surface area contributed by atoms with E-state index >= 15 is 0 Å². The highest BCUT2D eigenvalue weighted by atomic mass is 32.1. The zero-order valence-electron chi connectivity index (χ0n) is 19.1. The van der Waals surface area contributed by atoms with Gasteiger partial charge >= 0.3 is 0 Å². The first-order valence-electron chi connectivity index (χ1n) is 10.4. The van der Waals surface area contributed by atoms with Gasteiger partial charge in [-0.05, 0) is 24.3 Å². The highest BCUT2D eigenvalue weighted by Gasteiger charge is 2.41. The van der Waals surface area contributed by atoms with Crippen LogP contribution in [-0.2, 0) is 10.8 Å². The maximum atomic E-state index is 12.4. The summed E-state index contributed by atoms with van der Waals surface area (Å²) in [6.07, 6.45) is 0. The van der Waals surface area contributed by atoms with E-state index in [4.69, 9.17) is 0 Å². The standard InChI is InChI=1S/C24H22N2O4S3/c1-23(2,15-9-11-17(32-15)21(29)25(5)19(11)27)13-7-8-14(31-13)24(3,4)16-10-12-18(33-16)22(30)26(6)20(12)28/h7-10H,1-6H3. The van der Waals surface area contributed by atoms with E-state index in [0.29, 0.717) is 20.9 Å². The van der Waals surface area contributed by atoms with Crippen molar-refractivity contribution < 1.29 is 19.2 Å². The summed E-state index contributed by atoms with van der Waals surface area (Å²) < 4.78 is 0. The zero-order chi connectivity index (χ0) is 24.0. The van der Waals surface area contributed by atoms with E-state index < -0.39 is 0 Å². The van der Waals surface area contributed by atoms with Crippen LogP contribution in [0.2, 0.25) is 0 Å². The monoisotopic (exact) mass is 498 g/mol. The summed E-state index contributed by atoms with van der Waals surface area (Å²) in [5.41, 5.74) is 0.220. The van der Waals surface area contributed by atoms with Crippen LogP contribution in [0.4, 0.5) is 0 Å². The molecule has 5 rings (SSSR count). The summed E-state index contributed by atoms with van der Waals surface area (Å²) in [5.74, 6) is -0.977. The number of hydrogen-bond acceptors (Lipinski definition) is 7. The fourth-order valence-electron chi connectivity index (χ4n) is 4.14. The summed E-state index contributed by atoms with van der Waals surface area (Å²) in [4.78, 5) is 57.0. The lowest BCUT2D eigenvalue weighted by Gasteiger charge is -2.24. The molecule has 33 heavy (non-hydrogen) atoms. The minimum absolute atomic E-state index is 0.240. The molecule has 0 N–H and O–H groups in total. The summed E-state index contributed by atoms with van der Waals surface area (Å²) in [7, 11) is 3.02. The first kappa shape index (κ1) is 22.2. The second-order valence-electron chi connectivity index (χ2n) is 9.46. The smallest absolute Gasteiger partial charge is 0.271 e. The van der Waals surface area contributed by atoms with Crippen molar-refractivity contribution in [1.29, 1.82) is 0 Å². The van der Waals surface area contributed by atoms with Crippen molar-refractivity contribution in [3.8, 4) is 0 Å².